The number of aromatic nitrogens is 1. The van der Waals surface area contributed by atoms with E-state index in [-0.39, 0.29) is 10.8 Å². The highest BCUT2D eigenvalue weighted by Crippen LogP contribution is 2.31. The van der Waals surface area contributed by atoms with Crippen molar-refractivity contribution in [2.45, 2.75) is 48.5 Å². The van der Waals surface area contributed by atoms with Gasteiger partial charge in [-0.05, 0) is 18.6 Å². The van der Waals surface area contributed by atoms with Gasteiger partial charge >= 0.3 is 0 Å². The molecule has 2 nitrogen and oxygen atoms in total. The van der Waals surface area contributed by atoms with Gasteiger partial charge in [0.05, 0.1) is 0 Å². The van der Waals surface area contributed by atoms with Crippen molar-refractivity contribution in [2.75, 3.05) is 0 Å². The Balaban J connectivity index is 3.20. The van der Waals surface area contributed by atoms with Crippen molar-refractivity contribution in [3.8, 4) is 0 Å². The lowest BCUT2D eigenvalue weighted by atomic mass is 9.75. The van der Waals surface area contributed by atoms with Crippen LogP contribution in [0.25, 0.3) is 0 Å². The first-order valence-corrected chi connectivity index (χ1v) is 6.13. The molecule has 0 fully saturated rings. The summed E-state index contributed by atoms with van der Waals surface area (Å²) in [6, 6.07) is 4.03. The van der Waals surface area contributed by atoms with Gasteiger partial charge in [0.15, 0.2) is 5.82 Å². The zero-order valence-electron chi connectivity index (χ0n) is 12.1. The third-order valence-corrected chi connectivity index (χ3v) is 2.54. The second-order valence-electron chi connectivity index (χ2n) is 6.65. The molecule has 0 radical (unpaired) electrons. The van der Waals surface area contributed by atoms with Gasteiger partial charge < -0.3 is 0 Å². The minimum atomic E-state index is 0.0603. The van der Waals surface area contributed by atoms with Crippen molar-refractivity contribution in [1.29, 1.82) is 0 Å². The molecule has 0 aromatic carbocycles. The van der Waals surface area contributed by atoms with Crippen LogP contribution >= 0.6 is 0 Å². The Hall–Kier alpha value is -1.18. The monoisotopic (exact) mass is 232 g/mol. The van der Waals surface area contributed by atoms with Gasteiger partial charge in [0.25, 0.3) is 0 Å². The van der Waals surface area contributed by atoms with Gasteiger partial charge in [-0.2, -0.15) is 0 Å². The van der Waals surface area contributed by atoms with E-state index in [1.807, 2.05) is 19.2 Å². The maximum absolute atomic E-state index is 4.75. The maximum atomic E-state index is 4.75. The molecule has 2 heteroatoms. The topological polar surface area (TPSA) is 25.2 Å². The summed E-state index contributed by atoms with van der Waals surface area (Å²) < 4.78 is 0. The van der Waals surface area contributed by atoms with Crippen molar-refractivity contribution in [1.82, 2.24) is 4.98 Å². The predicted molar refractivity (Wildman–Crippen MR) is 75.0 cm³/mol. The van der Waals surface area contributed by atoms with Crippen LogP contribution in [-0.2, 0) is 0 Å². The normalized spacial score (nSPS) is 12.4. The molecule has 94 valence electrons. The van der Waals surface area contributed by atoms with Gasteiger partial charge in [-0.1, -0.05) is 47.6 Å². The summed E-state index contributed by atoms with van der Waals surface area (Å²) in [7, 11) is 0. The highest BCUT2D eigenvalue weighted by molar-refractivity contribution is 5.95. The van der Waals surface area contributed by atoms with Crippen molar-refractivity contribution < 1.29 is 0 Å². The molecule has 0 spiro atoms. The first-order valence-electron chi connectivity index (χ1n) is 6.13. The van der Waals surface area contributed by atoms with Crippen molar-refractivity contribution in [3.05, 3.63) is 23.9 Å². The summed E-state index contributed by atoms with van der Waals surface area (Å²) in [5.41, 5.74) is 2.47. The summed E-state index contributed by atoms with van der Waals surface area (Å²) in [5.74, 6) is 0.801. The highest BCUT2D eigenvalue weighted by Gasteiger charge is 2.30. The summed E-state index contributed by atoms with van der Waals surface area (Å²) in [5, 5.41) is 0. The van der Waals surface area contributed by atoms with Gasteiger partial charge in [0, 0.05) is 22.7 Å². The number of hydrogen-bond acceptors (Lipinski definition) is 2. The number of aryl methyl sites for hydroxylation is 1. The van der Waals surface area contributed by atoms with E-state index in [2.05, 4.69) is 52.6 Å². The third-order valence-electron chi connectivity index (χ3n) is 2.54. The quantitative estimate of drug-likeness (QED) is 0.652. The standard InChI is InChI=1S/C15H24N2/c1-11-8-9-12(16-10-11)17-13(14(2,3)4)15(5,6)7/h8-10H,1-7H3. The fourth-order valence-corrected chi connectivity index (χ4v) is 2.10. The van der Waals surface area contributed by atoms with Gasteiger partial charge in [-0.3, -0.25) is 0 Å². The van der Waals surface area contributed by atoms with E-state index in [0.29, 0.717) is 0 Å². The van der Waals surface area contributed by atoms with Crippen LogP contribution in [0, 0.1) is 17.8 Å². The number of aliphatic imine (C=N–C) groups is 1. The van der Waals surface area contributed by atoms with Gasteiger partial charge in [-0.25, -0.2) is 9.98 Å². The minimum Gasteiger partial charge on any atom is -0.237 e. The lowest BCUT2D eigenvalue weighted by Gasteiger charge is -2.32. The van der Waals surface area contributed by atoms with Gasteiger partial charge in [0.2, 0.25) is 0 Å². The lowest BCUT2D eigenvalue weighted by Crippen LogP contribution is -2.32. The van der Waals surface area contributed by atoms with E-state index in [1.165, 1.54) is 5.71 Å². The maximum Gasteiger partial charge on any atom is 0.151 e. The van der Waals surface area contributed by atoms with Crippen molar-refractivity contribution in [3.63, 3.8) is 0 Å². The van der Waals surface area contributed by atoms with Crippen LogP contribution in [-0.4, -0.2) is 10.7 Å². The van der Waals surface area contributed by atoms with E-state index >= 15 is 0 Å². The van der Waals surface area contributed by atoms with E-state index in [1.54, 1.807) is 0 Å². The average Bonchev–Trinajstić information content (AvgIpc) is 2.13. The second kappa shape index (κ2) is 4.59. The molecule has 0 aliphatic rings. The Morgan fingerprint density at radius 2 is 1.53 bits per heavy atom. The molecule has 1 aromatic rings. The molecular weight excluding hydrogens is 208 g/mol. The number of pyridine rings is 1. The van der Waals surface area contributed by atoms with Crippen LogP contribution in [0.2, 0.25) is 0 Å². The zero-order valence-corrected chi connectivity index (χ0v) is 12.1. The Bertz CT molecular complexity index is 384. The number of hydrogen-bond donors (Lipinski definition) is 0. The third kappa shape index (κ3) is 3.95. The minimum absolute atomic E-state index is 0.0603. The van der Waals surface area contributed by atoms with Crippen LogP contribution in [0.4, 0.5) is 5.82 Å². The molecule has 0 atom stereocenters. The van der Waals surface area contributed by atoms with Crippen molar-refractivity contribution in [2.24, 2.45) is 15.8 Å². The largest absolute Gasteiger partial charge is 0.237 e. The highest BCUT2D eigenvalue weighted by atomic mass is 14.9. The van der Waals surface area contributed by atoms with E-state index in [9.17, 15) is 0 Å². The van der Waals surface area contributed by atoms with E-state index in [4.69, 9.17) is 4.99 Å². The van der Waals surface area contributed by atoms with Gasteiger partial charge in [0.1, 0.15) is 0 Å². The number of nitrogens with zero attached hydrogens (tertiary/aromatic N) is 2. The summed E-state index contributed by atoms with van der Waals surface area (Å²) in [4.78, 5) is 9.11. The average molecular weight is 232 g/mol. The molecule has 0 saturated carbocycles. The van der Waals surface area contributed by atoms with Crippen LogP contribution in [0.15, 0.2) is 23.3 Å². The fraction of sp³-hybridized carbons (Fsp3) is 0.600. The van der Waals surface area contributed by atoms with Crippen LogP contribution in [0.5, 0.6) is 0 Å². The molecule has 0 bridgehead atoms. The van der Waals surface area contributed by atoms with Gasteiger partial charge in [-0.15, -0.1) is 0 Å². The van der Waals surface area contributed by atoms with Crippen LogP contribution in [0.3, 0.4) is 0 Å². The summed E-state index contributed by atoms with van der Waals surface area (Å²) in [6.45, 7) is 15.2. The van der Waals surface area contributed by atoms with Crippen LogP contribution in [0.1, 0.15) is 47.1 Å². The molecule has 0 aliphatic heterocycles. The lowest BCUT2D eigenvalue weighted by molar-refractivity contribution is 0.479. The van der Waals surface area contributed by atoms with Crippen LogP contribution < -0.4 is 0 Å². The second-order valence-corrected chi connectivity index (χ2v) is 6.65. The fourth-order valence-electron chi connectivity index (χ4n) is 2.10. The summed E-state index contributed by atoms with van der Waals surface area (Å²) in [6.07, 6.45) is 1.86. The summed E-state index contributed by atoms with van der Waals surface area (Å²) >= 11 is 0. The molecular formula is C15H24N2. The Morgan fingerprint density at radius 1 is 1.00 bits per heavy atom. The molecule has 1 heterocycles. The Kier molecular flexibility index (Phi) is 3.75. The SMILES string of the molecule is Cc1ccc(N=C(C(C)(C)C)C(C)(C)C)nc1. The molecule has 0 unspecified atom stereocenters. The molecule has 0 amide bonds. The molecule has 0 N–H and O–H groups in total. The molecule has 0 aliphatic carbocycles. The van der Waals surface area contributed by atoms with E-state index in [0.717, 1.165) is 11.4 Å². The molecule has 0 saturated heterocycles. The molecule has 1 rings (SSSR count). The smallest absolute Gasteiger partial charge is 0.151 e. The zero-order chi connectivity index (χ0) is 13.3. The first kappa shape index (κ1) is 13.9. The van der Waals surface area contributed by atoms with E-state index < -0.39 is 0 Å². The van der Waals surface area contributed by atoms with Crippen molar-refractivity contribution >= 4 is 11.5 Å². The molecule has 1 aromatic heterocycles. The number of rotatable bonds is 1. The Labute approximate surface area is 105 Å². The first-order chi connectivity index (χ1) is 7.60. The molecule has 17 heavy (non-hydrogen) atoms. The predicted octanol–water partition coefficient (Wildman–Crippen LogP) is 4.55. The Morgan fingerprint density at radius 3 is 1.88 bits per heavy atom.